The van der Waals surface area contributed by atoms with Gasteiger partial charge in [-0.05, 0) is 45.1 Å². The summed E-state index contributed by atoms with van der Waals surface area (Å²) in [6, 6.07) is 4.26. The van der Waals surface area contributed by atoms with Gasteiger partial charge in [0.25, 0.3) is 0 Å². The highest BCUT2D eigenvalue weighted by Crippen LogP contribution is 2.21. The lowest BCUT2D eigenvalue weighted by atomic mass is 10.1. The second-order valence-corrected chi connectivity index (χ2v) is 5.18. The average Bonchev–Trinajstić information content (AvgIpc) is 2.38. The number of nitrogens with one attached hydrogen (secondary N) is 2. The molecule has 104 valence electrons. The minimum atomic E-state index is -0.609. The van der Waals surface area contributed by atoms with Gasteiger partial charge in [-0.15, -0.1) is 0 Å². The number of halogens is 2. The molecule has 4 nitrogen and oxygen atoms in total. The summed E-state index contributed by atoms with van der Waals surface area (Å²) in [6.45, 7) is 1.91. The third-order valence-electron chi connectivity index (χ3n) is 3.25. The molecule has 0 spiro atoms. The first-order valence-electron chi connectivity index (χ1n) is 6.26. The summed E-state index contributed by atoms with van der Waals surface area (Å²) in [5.74, 6) is -0.609. The molecule has 1 aliphatic rings. The molecule has 6 heteroatoms. The van der Waals surface area contributed by atoms with Crippen LogP contribution in [0.25, 0.3) is 0 Å². The largest absolute Gasteiger partial charge is 0.335 e. The second-order valence-electron chi connectivity index (χ2n) is 4.78. The Morgan fingerprint density at radius 3 is 2.79 bits per heavy atom. The maximum Gasteiger partial charge on any atom is 0.319 e. The smallest absolute Gasteiger partial charge is 0.319 e. The van der Waals surface area contributed by atoms with Gasteiger partial charge in [0, 0.05) is 6.04 Å². The van der Waals surface area contributed by atoms with Crippen LogP contribution in [0, 0.1) is 5.82 Å². The monoisotopic (exact) mass is 285 g/mol. The molecule has 1 aliphatic heterocycles. The van der Waals surface area contributed by atoms with Crippen molar-refractivity contribution in [2.24, 2.45) is 0 Å². The molecule has 1 saturated heterocycles. The third kappa shape index (κ3) is 3.81. The number of urea groups is 1. The van der Waals surface area contributed by atoms with E-state index in [1.165, 1.54) is 12.1 Å². The Kier molecular flexibility index (Phi) is 4.61. The first-order valence-corrected chi connectivity index (χ1v) is 6.64. The Morgan fingerprint density at radius 2 is 2.11 bits per heavy atom. The molecule has 2 rings (SSSR count). The van der Waals surface area contributed by atoms with Crippen LogP contribution in [0.3, 0.4) is 0 Å². The van der Waals surface area contributed by atoms with Gasteiger partial charge >= 0.3 is 6.03 Å². The van der Waals surface area contributed by atoms with Gasteiger partial charge < -0.3 is 15.5 Å². The van der Waals surface area contributed by atoms with E-state index in [1.807, 2.05) is 0 Å². The van der Waals surface area contributed by atoms with Crippen molar-refractivity contribution < 1.29 is 9.18 Å². The first kappa shape index (κ1) is 14.1. The number of carbonyl (C=O) groups excluding carboxylic acids is 1. The maximum atomic E-state index is 13.6. The molecule has 0 aromatic heterocycles. The molecule has 0 bridgehead atoms. The molecule has 0 radical (unpaired) electrons. The van der Waals surface area contributed by atoms with Crippen molar-refractivity contribution in [1.29, 1.82) is 0 Å². The molecular formula is C13H17ClFN3O. The summed E-state index contributed by atoms with van der Waals surface area (Å²) in [6.07, 6.45) is 1.81. The van der Waals surface area contributed by atoms with Crippen molar-refractivity contribution in [2.75, 3.05) is 25.5 Å². The van der Waals surface area contributed by atoms with Crippen LogP contribution in [-0.2, 0) is 0 Å². The van der Waals surface area contributed by atoms with Crippen LogP contribution in [0.5, 0.6) is 0 Å². The Morgan fingerprint density at radius 1 is 1.42 bits per heavy atom. The van der Waals surface area contributed by atoms with Crippen LogP contribution in [0.15, 0.2) is 18.2 Å². The van der Waals surface area contributed by atoms with Gasteiger partial charge in [0.1, 0.15) is 0 Å². The Hall–Kier alpha value is -1.33. The summed E-state index contributed by atoms with van der Waals surface area (Å²) in [5, 5.41) is 5.33. The zero-order chi connectivity index (χ0) is 13.8. The molecule has 0 saturated carbocycles. The van der Waals surface area contributed by atoms with E-state index in [0.717, 1.165) is 25.9 Å². The number of rotatable bonds is 2. The lowest BCUT2D eigenvalue weighted by molar-refractivity contribution is 0.221. The third-order valence-corrected chi connectivity index (χ3v) is 3.55. The van der Waals surface area contributed by atoms with E-state index in [4.69, 9.17) is 11.6 Å². The van der Waals surface area contributed by atoms with E-state index in [0.29, 0.717) is 0 Å². The molecule has 2 N–H and O–H groups in total. The molecule has 2 amide bonds. The normalized spacial score (nSPS) is 17.2. The van der Waals surface area contributed by atoms with Crippen LogP contribution < -0.4 is 10.6 Å². The predicted octanol–water partition coefficient (Wildman–Crippen LogP) is 2.69. The average molecular weight is 286 g/mol. The summed E-state index contributed by atoms with van der Waals surface area (Å²) in [7, 11) is 2.05. The number of nitrogens with zero attached hydrogens (tertiary/aromatic N) is 1. The highest BCUT2D eigenvalue weighted by molar-refractivity contribution is 6.31. The minimum Gasteiger partial charge on any atom is -0.335 e. The van der Waals surface area contributed by atoms with E-state index >= 15 is 0 Å². The maximum absolute atomic E-state index is 13.6. The second kappa shape index (κ2) is 6.21. The molecule has 1 fully saturated rings. The number of hydrogen-bond acceptors (Lipinski definition) is 2. The van der Waals surface area contributed by atoms with Crippen molar-refractivity contribution in [3.63, 3.8) is 0 Å². The number of benzene rings is 1. The Balaban J connectivity index is 1.89. The van der Waals surface area contributed by atoms with E-state index in [9.17, 15) is 9.18 Å². The van der Waals surface area contributed by atoms with Crippen LogP contribution in [0.2, 0.25) is 5.02 Å². The van der Waals surface area contributed by atoms with E-state index in [1.54, 1.807) is 6.07 Å². The minimum absolute atomic E-state index is 0.00269. The van der Waals surface area contributed by atoms with Crippen LogP contribution >= 0.6 is 11.6 Å². The molecule has 1 aromatic carbocycles. The van der Waals surface area contributed by atoms with Gasteiger partial charge in [0.05, 0.1) is 10.7 Å². The standard InChI is InChI=1S/C13H17ClFN3O/c1-18-7-5-9(6-8-18)16-13(19)17-11-4-2-3-10(14)12(11)15/h2-4,9H,5-8H2,1H3,(H2,16,17,19). The SMILES string of the molecule is CN1CCC(NC(=O)Nc2cccc(Cl)c2F)CC1. The molecule has 0 unspecified atom stereocenters. The fraction of sp³-hybridized carbons (Fsp3) is 0.462. The summed E-state index contributed by atoms with van der Waals surface area (Å²) in [4.78, 5) is 14.0. The van der Waals surface area contributed by atoms with Gasteiger partial charge in [-0.1, -0.05) is 17.7 Å². The number of piperidine rings is 1. The van der Waals surface area contributed by atoms with Crippen molar-refractivity contribution in [3.05, 3.63) is 29.0 Å². The highest BCUT2D eigenvalue weighted by Gasteiger charge is 2.19. The number of anilines is 1. The van der Waals surface area contributed by atoms with E-state index in [-0.39, 0.29) is 16.8 Å². The fourth-order valence-corrected chi connectivity index (χ4v) is 2.27. The van der Waals surface area contributed by atoms with Crippen molar-refractivity contribution in [1.82, 2.24) is 10.2 Å². The van der Waals surface area contributed by atoms with E-state index < -0.39 is 11.8 Å². The lowest BCUT2D eigenvalue weighted by Gasteiger charge is -2.29. The predicted molar refractivity (Wildman–Crippen MR) is 74.1 cm³/mol. The van der Waals surface area contributed by atoms with Gasteiger partial charge in [0.15, 0.2) is 5.82 Å². The van der Waals surface area contributed by atoms with Crippen molar-refractivity contribution in [3.8, 4) is 0 Å². The van der Waals surface area contributed by atoms with Crippen molar-refractivity contribution >= 4 is 23.3 Å². The Bertz CT molecular complexity index is 461. The zero-order valence-electron chi connectivity index (χ0n) is 10.7. The van der Waals surface area contributed by atoms with Crippen LogP contribution in [0.1, 0.15) is 12.8 Å². The van der Waals surface area contributed by atoms with Crippen LogP contribution in [0.4, 0.5) is 14.9 Å². The van der Waals surface area contributed by atoms with Crippen LogP contribution in [-0.4, -0.2) is 37.1 Å². The number of amides is 2. The fourth-order valence-electron chi connectivity index (χ4n) is 2.10. The van der Waals surface area contributed by atoms with Gasteiger partial charge in [-0.25, -0.2) is 9.18 Å². The summed E-state index contributed by atoms with van der Waals surface area (Å²) >= 11 is 5.65. The number of likely N-dealkylation sites (tertiary alicyclic amines) is 1. The van der Waals surface area contributed by atoms with Crippen molar-refractivity contribution in [2.45, 2.75) is 18.9 Å². The zero-order valence-corrected chi connectivity index (χ0v) is 11.5. The first-order chi connectivity index (χ1) is 9.06. The number of carbonyl (C=O) groups is 1. The molecule has 0 atom stereocenters. The summed E-state index contributed by atoms with van der Waals surface area (Å²) < 4.78 is 13.6. The molecule has 19 heavy (non-hydrogen) atoms. The Labute approximate surface area is 116 Å². The number of hydrogen-bond donors (Lipinski definition) is 2. The molecule has 0 aliphatic carbocycles. The molecular weight excluding hydrogens is 269 g/mol. The highest BCUT2D eigenvalue weighted by atomic mass is 35.5. The quantitative estimate of drug-likeness (QED) is 0.877. The molecule has 1 heterocycles. The van der Waals surface area contributed by atoms with Gasteiger partial charge in [-0.2, -0.15) is 0 Å². The van der Waals surface area contributed by atoms with E-state index in [2.05, 4.69) is 22.6 Å². The van der Waals surface area contributed by atoms with Gasteiger partial charge in [0.2, 0.25) is 0 Å². The molecule has 1 aromatic rings. The summed E-state index contributed by atoms with van der Waals surface area (Å²) in [5.41, 5.74) is 0.0953. The topological polar surface area (TPSA) is 44.4 Å². The lowest BCUT2D eigenvalue weighted by Crippen LogP contribution is -2.44. The van der Waals surface area contributed by atoms with Gasteiger partial charge in [-0.3, -0.25) is 0 Å².